The predicted molar refractivity (Wildman–Crippen MR) is 96.0 cm³/mol. The van der Waals surface area contributed by atoms with Gasteiger partial charge in [0.25, 0.3) is 0 Å². The highest BCUT2D eigenvalue weighted by molar-refractivity contribution is 5.69. The summed E-state index contributed by atoms with van der Waals surface area (Å²) in [6, 6.07) is 0. The zero-order chi connectivity index (χ0) is 17.3. The normalized spacial score (nSPS) is 37.7. The van der Waals surface area contributed by atoms with Crippen molar-refractivity contribution >= 4 is 5.97 Å². The van der Waals surface area contributed by atoms with Crippen LogP contribution in [0, 0.1) is 28.6 Å². The Bertz CT molecular complexity index is 504. The van der Waals surface area contributed by atoms with Crippen LogP contribution < -0.4 is 0 Å². The molecule has 2 nitrogen and oxygen atoms in total. The lowest BCUT2D eigenvalue weighted by atomic mass is 9.48. The third kappa shape index (κ3) is 3.41. The number of carbonyl (C=O) groups excluding carboxylic acids is 1. The fourth-order valence-electron chi connectivity index (χ4n) is 4.84. The Morgan fingerprint density at radius 3 is 2.78 bits per heavy atom. The Labute approximate surface area is 142 Å². The van der Waals surface area contributed by atoms with E-state index >= 15 is 0 Å². The van der Waals surface area contributed by atoms with E-state index in [0.717, 1.165) is 12.3 Å². The molecule has 1 unspecified atom stereocenters. The molecule has 0 heterocycles. The first-order valence-corrected chi connectivity index (χ1v) is 9.16. The number of ether oxygens (including phenoxy) is 1. The molecule has 0 aromatic heterocycles. The zero-order valence-corrected chi connectivity index (χ0v) is 15.8. The first-order valence-electron chi connectivity index (χ1n) is 9.16. The topological polar surface area (TPSA) is 26.3 Å². The fraction of sp³-hybridized carbons (Fsp3) is 0.762. The van der Waals surface area contributed by atoms with Crippen LogP contribution in [0.25, 0.3) is 0 Å². The van der Waals surface area contributed by atoms with Crippen LogP contribution in [0.15, 0.2) is 23.8 Å². The van der Waals surface area contributed by atoms with Crippen LogP contribution in [0.1, 0.15) is 66.7 Å². The van der Waals surface area contributed by atoms with Gasteiger partial charge in [0.15, 0.2) is 0 Å². The van der Waals surface area contributed by atoms with E-state index in [1.807, 2.05) is 0 Å². The summed E-state index contributed by atoms with van der Waals surface area (Å²) in [5.41, 5.74) is 2.15. The molecule has 0 aromatic rings. The summed E-state index contributed by atoms with van der Waals surface area (Å²) in [7, 11) is 1.48. The van der Waals surface area contributed by atoms with Crippen molar-refractivity contribution in [3.63, 3.8) is 0 Å². The van der Waals surface area contributed by atoms with Crippen molar-refractivity contribution in [3.05, 3.63) is 23.8 Å². The summed E-state index contributed by atoms with van der Waals surface area (Å²) in [4.78, 5) is 11.5. The van der Waals surface area contributed by atoms with Crippen molar-refractivity contribution in [1.29, 1.82) is 0 Å². The van der Waals surface area contributed by atoms with Gasteiger partial charge in [-0.1, -0.05) is 51.5 Å². The minimum Gasteiger partial charge on any atom is -0.469 e. The second-order valence-corrected chi connectivity index (χ2v) is 8.50. The summed E-state index contributed by atoms with van der Waals surface area (Å²) >= 11 is 0. The predicted octanol–water partition coefficient (Wildman–Crippen LogP) is 5.54. The SMILES string of the molecule is COC(=O)CC(C)CC[C@@]1(C)[C@H](C)CC[C@@]2(C)C(C)=CC=C[C@H]12. The van der Waals surface area contributed by atoms with E-state index in [2.05, 4.69) is 52.8 Å². The van der Waals surface area contributed by atoms with Crippen molar-refractivity contribution in [1.82, 2.24) is 0 Å². The van der Waals surface area contributed by atoms with Crippen LogP contribution in [0.5, 0.6) is 0 Å². The summed E-state index contributed by atoms with van der Waals surface area (Å²) in [6.07, 6.45) is 12.4. The third-order valence-electron chi connectivity index (χ3n) is 7.09. The minimum atomic E-state index is -0.0828. The first kappa shape index (κ1) is 18.3. The van der Waals surface area contributed by atoms with Crippen LogP contribution in [-0.4, -0.2) is 13.1 Å². The van der Waals surface area contributed by atoms with Crippen LogP contribution in [0.3, 0.4) is 0 Å². The van der Waals surface area contributed by atoms with Crippen LogP contribution in [0.2, 0.25) is 0 Å². The summed E-state index contributed by atoms with van der Waals surface area (Å²) in [5.74, 6) is 1.64. The van der Waals surface area contributed by atoms with E-state index < -0.39 is 0 Å². The number of methoxy groups -OCH3 is 1. The van der Waals surface area contributed by atoms with Gasteiger partial charge >= 0.3 is 5.97 Å². The fourth-order valence-corrected chi connectivity index (χ4v) is 4.84. The molecular formula is C21H34O2. The van der Waals surface area contributed by atoms with E-state index in [4.69, 9.17) is 4.74 Å². The number of esters is 1. The van der Waals surface area contributed by atoms with Gasteiger partial charge < -0.3 is 4.74 Å². The average molecular weight is 319 g/mol. The molecule has 2 rings (SSSR count). The lowest BCUT2D eigenvalue weighted by Crippen LogP contribution is -2.48. The minimum absolute atomic E-state index is 0.0828. The number of allylic oxidation sites excluding steroid dienone is 4. The molecule has 0 amide bonds. The average Bonchev–Trinajstić information content (AvgIpc) is 2.52. The largest absolute Gasteiger partial charge is 0.469 e. The van der Waals surface area contributed by atoms with Gasteiger partial charge in [-0.25, -0.2) is 0 Å². The van der Waals surface area contributed by atoms with E-state index in [-0.39, 0.29) is 5.97 Å². The molecule has 0 N–H and O–H groups in total. The maximum atomic E-state index is 11.5. The van der Waals surface area contributed by atoms with Gasteiger partial charge in [-0.15, -0.1) is 0 Å². The third-order valence-corrected chi connectivity index (χ3v) is 7.09. The molecule has 0 spiro atoms. The summed E-state index contributed by atoms with van der Waals surface area (Å²) in [6.45, 7) is 11.8. The lowest BCUT2D eigenvalue weighted by molar-refractivity contribution is -0.141. The van der Waals surface area contributed by atoms with Gasteiger partial charge in [0.1, 0.15) is 0 Å². The number of hydrogen-bond acceptors (Lipinski definition) is 2. The maximum Gasteiger partial charge on any atom is 0.305 e. The van der Waals surface area contributed by atoms with E-state index in [1.165, 1.54) is 31.9 Å². The molecule has 5 atom stereocenters. The van der Waals surface area contributed by atoms with Crippen molar-refractivity contribution < 1.29 is 9.53 Å². The van der Waals surface area contributed by atoms with Gasteiger partial charge in [-0.2, -0.15) is 0 Å². The number of carbonyl (C=O) groups is 1. The van der Waals surface area contributed by atoms with Crippen molar-refractivity contribution in [3.8, 4) is 0 Å². The number of rotatable bonds is 5. The molecule has 130 valence electrons. The molecule has 2 aliphatic rings. The van der Waals surface area contributed by atoms with Gasteiger partial charge in [0.2, 0.25) is 0 Å². The molecule has 0 radical (unpaired) electrons. The second kappa shape index (κ2) is 6.83. The van der Waals surface area contributed by atoms with Gasteiger partial charge in [-0.3, -0.25) is 4.79 Å². The maximum absolute atomic E-state index is 11.5. The molecule has 0 aromatic carbocycles. The Balaban J connectivity index is 2.12. The second-order valence-electron chi connectivity index (χ2n) is 8.50. The molecule has 0 aliphatic heterocycles. The summed E-state index contributed by atoms with van der Waals surface area (Å²) in [5, 5.41) is 0. The van der Waals surface area contributed by atoms with Gasteiger partial charge in [0.05, 0.1) is 7.11 Å². The highest BCUT2D eigenvalue weighted by Crippen LogP contribution is 2.60. The van der Waals surface area contributed by atoms with E-state index in [0.29, 0.717) is 29.1 Å². The van der Waals surface area contributed by atoms with Crippen LogP contribution >= 0.6 is 0 Å². The molecule has 1 saturated carbocycles. The molecule has 23 heavy (non-hydrogen) atoms. The Kier molecular flexibility index (Phi) is 5.43. The molecular weight excluding hydrogens is 284 g/mol. The number of hydrogen-bond donors (Lipinski definition) is 0. The molecule has 0 bridgehead atoms. The molecule has 0 saturated heterocycles. The highest BCUT2D eigenvalue weighted by Gasteiger charge is 2.51. The molecule has 2 heteroatoms. The number of fused-ring (bicyclic) bond motifs is 1. The smallest absolute Gasteiger partial charge is 0.305 e. The van der Waals surface area contributed by atoms with Crippen molar-refractivity contribution in [2.75, 3.05) is 7.11 Å². The monoisotopic (exact) mass is 318 g/mol. The van der Waals surface area contributed by atoms with E-state index in [9.17, 15) is 4.79 Å². The zero-order valence-electron chi connectivity index (χ0n) is 15.8. The molecule has 1 fully saturated rings. The highest BCUT2D eigenvalue weighted by atomic mass is 16.5. The van der Waals surface area contributed by atoms with Gasteiger partial charge in [0, 0.05) is 6.42 Å². The Morgan fingerprint density at radius 1 is 1.43 bits per heavy atom. The Hall–Kier alpha value is -1.05. The van der Waals surface area contributed by atoms with Crippen molar-refractivity contribution in [2.45, 2.75) is 66.7 Å². The standard InChI is InChI=1S/C21H34O2/c1-15(14-19(22)23-6)10-12-20(4)17(3)11-13-21(5)16(2)8-7-9-18(20)21/h7-9,15,17-18H,10-14H2,1-6H3/t15?,17-,18-,20+,21+/m1/s1. The quantitative estimate of drug-likeness (QED) is 0.622. The summed E-state index contributed by atoms with van der Waals surface area (Å²) < 4.78 is 4.82. The van der Waals surface area contributed by atoms with Crippen LogP contribution in [0.4, 0.5) is 0 Å². The van der Waals surface area contributed by atoms with Crippen molar-refractivity contribution in [2.24, 2.45) is 28.6 Å². The van der Waals surface area contributed by atoms with Gasteiger partial charge in [-0.05, 0) is 61.2 Å². The Morgan fingerprint density at radius 2 is 2.13 bits per heavy atom. The van der Waals surface area contributed by atoms with E-state index in [1.54, 1.807) is 0 Å². The molecule has 2 aliphatic carbocycles. The lowest BCUT2D eigenvalue weighted by Gasteiger charge is -2.56. The van der Waals surface area contributed by atoms with Crippen LogP contribution in [-0.2, 0) is 9.53 Å². The first-order chi connectivity index (χ1) is 10.7.